The Morgan fingerprint density at radius 1 is 1.29 bits per heavy atom. The van der Waals surface area contributed by atoms with Crippen LogP contribution in [0.3, 0.4) is 0 Å². The molecule has 3 rings (SSSR count). The molecule has 0 bridgehead atoms. The summed E-state index contributed by atoms with van der Waals surface area (Å²) in [5, 5.41) is 0. The second-order valence-electron chi connectivity index (χ2n) is 6.55. The van der Waals surface area contributed by atoms with Crippen LogP contribution >= 0.6 is 0 Å². The van der Waals surface area contributed by atoms with Gasteiger partial charge in [0.2, 0.25) is 0 Å². The molecule has 3 nitrogen and oxygen atoms in total. The minimum Gasteiger partial charge on any atom is -0.349 e. The number of allylic oxidation sites excluding steroid dienone is 2. The second kappa shape index (κ2) is 3.66. The molecule has 0 N–H and O–H groups in total. The van der Waals surface area contributed by atoms with Crippen LogP contribution in [0.25, 0.3) is 0 Å². The summed E-state index contributed by atoms with van der Waals surface area (Å²) in [5.74, 6) is 0.684. The topological polar surface area (TPSA) is 35.5 Å². The van der Waals surface area contributed by atoms with Crippen molar-refractivity contribution < 1.29 is 14.3 Å². The molecule has 0 radical (unpaired) electrons. The summed E-state index contributed by atoms with van der Waals surface area (Å²) in [4.78, 5) is 10.8. The molecule has 94 valence electrons. The molecular formula is C14H20O3. The van der Waals surface area contributed by atoms with Gasteiger partial charge in [-0.3, -0.25) is 4.79 Å². The number of ether oxygens (including phenoxy) is 2. The van der Waals surface area contributed by atoms with Gasteiger partial charge in [-0.15, -0.1) is 0 Å². The Hall–Kier alpha value is -0.670. The third kappa shape index (κ3) is 1.95. The fraction of sp³-hybridized carbons (Fsp3) is 0.786. The van der Waals surface area contributed by atoms with Gasteiger partial charge in [-0.2, -0.15) is 0 Å². The zero-order valence-electron chi connectivity index (χ0n) is 10.6. The minimum absolute atomic E-state index is 0.132. The molecule has 1 heterocycles. The minimum atomic E-state index is -0.351. The summed E-state index contributed by atoms with van der Waals surface area (Å²) in [6.45, 7) is 5.88. The molecular weight excluding hydrogens is 216 g/mol. The zero-order valence-corrected chi connectivity index (χ0v) is 10.6. The smallest absolute Gasteiger partial charge is 0.169 e. The van der Waals surface area contributed by atoms with Gasteiger partial charge in [0.1, 0.15) is 6.29 Å². The van der Waals surface area contributed by atoms with E-state index in [1.54, 1.807) is 0 Å². The first-order valence-electron chi connectivity index (χ1n) is 6.46. The van der Waals surface area contributed by atoms with E-state index in [1.165, 1.54) is 0 Å². The lowest BCUT2D eigenvalue weighted by molar-refractivity contribution is -0.296. The maximum Gasteiger partial charge on any atom is 0.169 e. The SMILES string of the molecule is CC1(C)COC2(C[C@@H]3CC(C=O)=C[C@@H]3C2)OC1. The van der Waals surface area contributed by atoms with Crippen molar-refractivity contribution in [1.29, 1.82) is 0 Å². The summed E-state index contributed by atoms with van der Waals surface area (Å²) >= 11 is 0. The van der Waals surface area contributed by atoms with Crippen molar-refractivity contribution >= 4 is 6.29 Å². The van der Waals surface area contributed by atoms with Crippen LogP contribution in [0.5, 0.6) is 0 Å². The number of rotatable bonds is 1. The van der Waals surface area contributed by atoms with E-state index >= 15 is 0 Å². The van der Waals surface area contributed by atoms with Crippen LogP contribution in [0.1, 0.15) is 33.1 Å². The van der Waals surface area contributed by atoms with Crippen molar-refractivity contribution in [3.8, 4) is 0 Å². The van der Waals surface area contributed by atoms with E-state index in [0.29, 0.717) is 11.8 Å². The van der Waals surface area contributed by atoms with Gasteiger partial charge in [0.15, 0.2) is 5.79 Å². The third-order valence-corrected chi connectivity index (χ3v) is 4.25. The number of aldehydes is 1. The lowest BCUT2D eigenvalue weighted by atomic mass is 9.94. The predicted octanol–water partition coefficient (Wildman–Crippen LogP) is 2.31. The first-order chi connectivity index (χ1) is 8.02. The van der Waals surface area contributed by atoms with Gasteiger partial charge < -0.3 is 9.47 Å². The molecule has 0 amide bonds. The number of carbonyl (C=O) groups is 1. The lowest BCUT2D eigenvalue weighted by Gasteiger charge is -2.41. The molecule has 2 aliphatic carbocycles. The van der Waals surface area contributed by atoms with E-state index in [0.717, 1.165) is 44.3 Å². The molecule has 0 unspecified atom stereocenters. The van der Waals surface area contributed by atoms with Gasteiger partial charge >= 0.3 is 0 Å². The first kappa shape index (κ1) is 11.4. The largest absolute Gasteiger partial charge is 0.349 e. The average Bonchev–Trinajstić information content (AvgIpc) is 2.78. The van der Waals surface area contributed by atoms with E-state index in [9.17, 15) is 4.79 Å². The van der Waals surface area contributed by atoms with Crippen LogP contribution < -0.4 is 0 Å². The van der Waals surface area contributed by atoms with E-state index < -0.39 is 0 Å². The third-order valence-electron chi connectivity index (χ3n) is 4.25. The molecule has 3 heteroatoms. The van der Waals surface area contributed by atoms with Crippen LogP contribution in [-0.4, -0.2) is 25.3 Å². The normalized spacial score (nSPS) is 37.9. The highest BCUT2D eigenvalue weighted by Crippen LogP contribution is 2.51. The number of hydrogen-bond acceptors (Lipinski definition) is 3. The van der Waals surface area contributed by atoms with Crippen LogP contribution in [-0.2, 0) is 14.3 Å². The summed E-state index contributed by atoms with van der Waals surface area (Å²) in [7, 11) is 0. The molecule has 1 aliphatic heterocycles. The highest BCUT2D eigenvalue weighted by atomic mass is 16.7. The molecule has 0 aromatic heterocycles. The van der Waals surface area contributed by atoms with Crippen molar-refractivity contribution in [2.45, 2.75) is 38.9 Å². The Labute approximate surface area is 102 Å². The molecule has 1 spiro atoms. The number of fused-ring (bicyclic) bond motifs is 1. The Kier molecular flexibility index (Phi) is 2.46. The maximum atomic E-state index is 10.8. The van der Waals surface area contributed by atoms with Crippen LogP contribution in [0.15, 0.2) is 11.6 Å². The van der Waals surface area contributed by atoms with Crippen molar-refractivity contribution in [3.63, 3.8) is 0 Å². The first-order valence-corrected chi connectivity index (χ1v) is 6.46. The Bertz CT molecular complexity index is 360. The molecule has 1 saturated heterocycles. The zero-order chi connectivity index (χ0) is 12.1. The van der Waals surface area contributed by atoms with Gasteiger partial charge in [-0.1, -0.05) is 19.9 Å². The maximum absolute atomic E-state index is 10.8. The molecule has 3 aliphatic rings. The van der Waals surface area contributed by atoms with Gasteiger partial charge in [-0.05, 0) is 23.8 Å². The molecule has 2 atom stereocenters. The summed E-state index contributed by atoms with van der Waals surface area (Å²) in [6, 6.07) is 0. The highest BCUT2D eigenvalue weighted by Gasteiger charge is 2.51. The van der Waals surface area contributed by atoms with E-state index in [2.05, 4.69) is 19.9 Å². The quantitative estimate of drug-likeness (QED) is 0.655. The van der Waals surface area contributed by atoms with Crippen molar-refractivity contribution in [2.75, 3.05) is 13.2 Å². The summed E-state index contributed by atoms with van der Waals surface area (Å²) < 4.78 is 12.0. The van der Waals surface area contributed by atoms with Crippen molar-refractivity contribution in [3.05, 3.63) is 11.6 Å². The van der Waals surface area contributed by atoms with Gasteiger partial charge in [0, 0.05) is 18.3 Å². The molecule has 2 fully saturated rings. The molecule has 17 heavy (non-hydrogen) atoms. The van der Waals surface area contributed by atoms with Gasteiger partial charge in [0.25, 0.3) is 0 Å². The molecule has 0 aromatic carbocycles. The fourth-order valence-electron chi connectivity index (χ4n) is 3.28. The van der Waals surface area contributed by atoms with Gasteiger partial charge in [-0.25, -0.2) is 0 Å². The molecule has 1 saturated carbocycles. The average molecular weight is 236 g/mol. The predicted molar refractivity (Wildman–Crippen MR) is 63.4 cm³/mol. The Morgan fingerprint density at radius 3 is 2.59 bits per heavy atom. The Morgan fingerprint density at radius 2 is 2.00 bits per heavy atom. The van der Waals surface area contributed by atoms with E-state index in [-0.39, 0.29) is 11.2 Å². The summed E-state index contributed by atoms with van der Waals surface area (Å²) in [6.07, 6.45) is 5.90. The monoisotopic (exact) mass is 236 g/mol. The fourth-order valence-corrected chi connectivity index (χ4v) is 3.28. The van der Waals surface area contributed by atoms with Gasteiger partial charge in [0.05, 0.1) is 13.2 Å². The number of hydrogen-bond donors (Lipinski definition) is 0. The summed E-state index contributed by atoms with van der Waals surface area (Å²) in [5.41, 5.74) is 1.10. The van der Waals surface area contributed by atoms with Crippen molar-refractivity contribution in [1.82, 2.24) is 0 Å². The van der Waals surface area contributed by atoms with Crippen LogP contribution in [0.4, 0.5) is 0 Å². The number of carbonyl (C=O) groups excluding carboxylic acids is 1. The standard InChI is InChI=1S/C14H20O3/c1-13(2)8-16-14(17-9-13)5-11-3-10(7-15)4-12(11)6-14/h3,7,11-12H,4-6,8-9H2,1-2H3/t11-,12+/m1/s1. The van der Waals surface area contributed by atoms with Crippen LogP contribution in [0, 0.1) is 17.3 Å². The van der Waals surface area contributed by atoms with E-state index in [1.807, 2.05) is 0 Å². The lowest BCUT2D eigenvalue weighted by Crippen LogP contribution is -2.46. The molecule has 0 aromatic rings. The van der Waals surface area contributed by atoms with Crippen LogP contribution in [0.2, 0.25) is 0 Å². The van der Waals surface area contributed by atoms with E-state index in [4.69, 9.17) is 9.47 Å². The Balaban J connectivity index is 1.70. The van der Waals surface area contributed by atoms with Crippen molar-refractivity contribution in [2.24, 2.45) is 17.3 Å². The second-order valence-corrected chi connectivity index (χ2v) is 6.55. The highest BCUT2D eigenvalue weighted by molar-refractivity contribution is 5.74.